The molecular formula is C19H24N4O3S. The molecule has 2 aliphatic rings. The molecule has 0 unspecified atom stereocenters. The number of rotatable bonds is 5. The van der Waals surface area contributed by atoms with Crippen molar-refractivity contribution >= 4 is 21.7 Å². The molecular weight excluding hydrogens is 364 g/mol. The van der Waals surface area contributed by atoms with Crippen LogP contribution in [0.1, 0.15) is 59.6 Å². The number of aromatic amines is 1. The lowest BCUT2D eigenvalue weighted by molar-refractivity contribution is 0.102. The molecule has 27 heavy (non-hydrogen) atoms. The highest BCUT2D eigenvalue weighted by molar-refractivity contribution is 7.89. The summed E-state index contributed by atoms with van der Waals surface area (Å²) in [7, 11) is -3.49. The van der Waals surface area contributed by atoms with Gasteiger partial charge >= 0.3 is 0 Å². The number of anilines is 1. The van der Waals surface area contributed by atoms with Gasteiger partial charge in [-0.3, -0.25) is 9.89 Å². The lowest BCUT2D eigenvalue weighted by atomic mass is 10.2. The Morgan fingerprint density at radius 1 is 1.15 bits per heavy atom. The second-order valence-electron chi connectivity index (χ2n) is 7.33. The summed E-state index contributed by atoms with van der Waals surface area (Å²) in [5.41, 5.74) is 2.46. The zero-order valence-corrected chi connectivity index (χ0v) is 16.2. The fourth-order valence-corrected chi connectivity index (χ4v) is 5.03. The molecule has 1 saturated carbocycles. The van der Waals surface area contributed by atoms with E-state index in [0.29, 0.717) is 30.4 Å². The Kier molecular flexibility index (Phi) is 4.77. The molecule has 0 spiro atoms. The largest absolute Gasteiger partial charge is 0.305 e. The highest BCUT2D eigenvalue weighted by atomic mass is 32.2. The molecule has 2 fully saturated rings. The Labute approximate surface area is 159 Å². The number of H-pyrrole nitrogens is 1. The van der Waals surface area contributed by atoms with Gasteiger partial charge in [-0.1, -0.05) is 6.42 Å². The van der Waals surface area contributed by atoms with Crippen LogP contribution in [0.4, 0.5) is 5.82 Å². The summed E-state index contributed by atoms with van der Waals surface area (Å²) < 4.78 is 26.9. The maximum absolute atomic E-state index is 12.7. The van der Waals surface area contributed by atoms with E-state index in [1.165, 1.54) is 16.4 Å². The number of piperidine rings is 1. The van der Waals surface area contributed by atoms with Gasteiger partial charge in [0.05, 0.1) is 4.90 Å². The molecule has 144 valence electrons. The number of hydrogen-bond donors (Lipinski definition) is 2. The third-order valence-electron chi connectivity index (χ3n) is 5.33. The van der Waals surface area contributed by atoms with Crippen molar-refractivity contribution in [1.82, 2.24) is 14.5 Å². The van der Waals surface area contributed by atoms with Crippen LogP contribution in [-0.2, 0) is 10.0 Å². The summed E-state index contributed by atoms with van der Waals surface area (Å²) in [5.74, 6) is 0.767. The fourth-order valence-electron chi connectivity index (χ4n) is 3.51. The first-order valence-corrected chi connectivity index (χ1v) is 10.9. The summed E-state index contributed by atoms with van der Waals surface area (Å²) in [6.45, 7) is 3.07. The van der Waals surface area contributed by atoms with Gasteiger partial charge in [-0.25, -0.2) is 8.42 Å². The Balaban J connectivity index is 1.47. The standard InChI is InChI=1S/C19H24N4O3S/c1-13-17(14-5-6-14)21-22-18(13)20-19(24)15-7-9-16(10-8-15)27(25,26)23-11-3-2-4-12-23/h7-10,14H,2-6,11-12H2,1H3,(H2,20,21,22,24). The molecule has 8 heteroatoms. The van der Waals surface area contributed by atoms with Crippen LogP contribution in [0.25, 0.3) is 0 Å². The second kappa shape index (κ2) is 7.09. The number of carbonyl (C=O) groups is 1. The van der Waals surface area contributed by atoms with E-state index in [1.807, 2.05) is 6.92 Å². The molecule has 2 aromatic rings. The summed E-state index contributed by atoms with van der Waals surface area (Å²) in [5, 5.41) is 10.0. The van der Waals surface area contributed by atoms with Gasteiger partial charge in [-0.15, -0.1) is 0 Å². The number of sulfonamides is 1. The van der Waals surface area contributed by atoms with Gasteiger partial charge in [0.1, 0.15) is 0 Å². The Morgan fingerprint density at radius 3 is 2.44 bits per heavy atom. The van der Waals surface area contributed by atoms with Crippen LogP contribution in [0, 0.1) is 6.92 Å². The average Bonchev–Trinajstić information content (AvgIpc) is 3.47. The zero-order chi connectivity index (χ0) is 19.0. The highest BCUT2D eigenvalue weighted by Crippen LogP contribution is 2.41. The molecule has 2 N–H and O–H groups in total. The van der Waals surface area contributed by atoms with E-state index in [1.54, 1.807) is 12.1 Å². The van der Waals surface area contributed by atoms with E-state index in [0.717, 1.165) is 43.4 Å². The van der Waals surface area contributed by atoms with Gasteiger partial charge < -0.3 is 5.32 Å². The molecule has 0 radical (unpaired) electrons. The van der Waals surface area contributed by atoms with Crippen LogP contribution >= 0.6 is 0 Å². The van der Waals surface area contributed by atoms with Crippen LogP contribution in [0.3, 0.4) is 0 Å². The summed E-state index contributed by atoms with van der Waals surface area (Å²) in [6, 6.07) is 6.11. The number of hydrogen-bond acceptors (Lipinski definition) is 4. The molecule has 1 aliphatic heterocycles. The predicted octanol–water partition coefficient (Wildman–Crippen LogP) is 3.02. The van der Waals surface area contributed by atoms with E-state index in [-0.39, 0.29) is 10.8 Å². The van der Waals surface area contributed by atoms with Crippen molar-refractivity contribution in [3.05, 3.63) is 41.1 Å². The smallest absolute Gasteiger partial charge is 0.256 e. The topological polar surface area (TPSA) is 95.2 Å². The van der Waals surface area contributed by atoms with Crippen LogP contribution in [0.15, 0.2) is 29.2 Å². The fraction of sp³-hybridized carbons (Fsp3) is 0.474. The summed E-state index contributed by atoms with van der Waals surface area (Å²) >= 11 is 0. The van der Waals surface area contributed by atoms with Crippen molar-refractivity contribution in [1.29, 1.82) is 0 Å². The van der Waals surface area contributed by atoms with Gasteiger partial charge in [-0.05, 0) is 56.9 Å². The first-order valence-electron chi connectivity index (χ1n) is 9.43. The van der Waals surface area contributed by atoms with Crippen molar-refractivity contribution in [3.63, 3.8) is 0 Å². The van der Waals surface area contributed by atoms with Crippen molar-refractivity contribution in [2.75, 3.05) is 18.4 Å². The minimum atomic E-state index is -3.49. The summed E-state index contributed by atoms with van der Waals surface area (Å²) in [4.78, 5) is 12.7. The normalized spacial score (nSPS) is 18.4. The molecule has 0 atom stereocenters. The lowest BCUT2D eigenvalue weighted by Gasteiger charge is -2.25. The predicted molar refractivity (Wildman–Crippen MR) is 102 cm³/mol. The van der Waals surface area contributed by atoms with Crippen LogP contribution in [-0.4, -0.2) is 41.9 Å². The lowest BCUT2D eigenvalue weighted by Crippen LogP contribution is -2.35. The molecule has 0 bridgehead atoms. The maximum Gasteiger partial charge on any atom is 0.256 e. The monoisotopic (exact) mass is 388 g/mol. The Hall–Kier alpha value is -2.19. The number of benzene rings is 1. The Bertz CT molecular complexity index is 940. The maximum atomic E-state index is 12.7. The molecule has 1 aromatic carbocycles. The highest BCUT2D eigenvalue weighted by Gasteiger charge is 2.29. The quantitative estimate of drug-likeness (QED) is 0.823. The number of aromatic nitrogens is 2. The first-order chi connectivity index (χ1) is 13.0. The second-order valence-corrected chi connectivity index (χ2v) is 9.27. The number of carbonyl (C=O) groups excluding carboxylic acids is 1. The molecule has 2 heterocycles. The van der Waals surface area contributed by atoms with Gasteiger partial charge in [0.15, 0.2) is 5.82 Å². The van der Waals surface area contributed by atoms with Crippen molar-refractivity contribution in [2.45, 2.75) is 49.8 Å². The summed E-state index contributed by atoms with van der Waals surface area (Å²) in [6.07, 6.45) is 5.17. The molecule has 1 aliphatic carbocycles. The number of nitrogens with zero attached hydrogens (tertiary/aromatic N) is 2. The van der Waals surface area contributed by atoms with Gasteiger partial charge in [0.2, 0.25) is 10.0 Å². The molecule has 1 aromatic heterocycles. The van der Waals surface area contributed by atoms with Crippen LogP contribution < -0.4 is 5.32 Å². The van der Waals surface area contributed by atoms with Crippen molar-refractivity contribution in [3.8, 4) is 0 Å². The average molecular weight is 388 g/mol. The molecule has 1 saturated heterocycles. The Morgan fingerprint density at radius 2 is 1.81 bits per heavy atom. The molecule has 4 rings (SSSR count). The van der Waals surface area contributed by atoms with E-state index in [4.69, 9.17) is 0 Å². The minimum Gasteiger partial charge on any atom is -0.305 e. The third-order valence-corrected chi connectivity index (χ3v) is 7.25. The van der Waals surface area contributed by atoms with Gasteiger partial charge in [0.25, 0.3) is 5.91 Å². The van der Waals surface area contributed by atoms with Crippen LogP contribution in [0.5, 0.6) is 0 Å². The van der Waals surface area contributed by atoms with Crippen molar-refractivity contribution < 1.29 is 13.2 Å². The van der Waals surface area contributed by atoms with E-state index in [2.05, 4.69) is 15.5 Å². The molecule has 7 nitrogen and oxygen atoms in total. The van der Waals surface area contributed by atoms with Gasteiger partial charge in [0, 0.05) is 35.8 Å². The zero-order valence-electron chi connectivity index (χ0n) is 15.4. The molecule has 1 amide bonds. The first kappa shape index (κ1) is 18.2. The van der Waals surface area contributed by atoms with E-state index in [9.17, 15) is 13.2 Å². The number of amides is 1. The third kappa shape index (κ3) is 3.64. The van der Waals surface area contributed by atoms with Crippen LogP contribution in [0.2, 0.25) is 0 Å². The minimum absolute atomic E-state index is 0.230. The van der Waals surface area contributed by atoms with Gasteiger partial charge in [-0.2, -0.15) is 9.40 Å². The van der Waals surface area contributed by atoms with E-state index >= 15 is 0 Å². The SMILES string of the molecule is Cc1c(NC(=O)c2ccc(S(=O)(=O)N3CCCCC3)cc2)n[nH]c1C1CC1. The van der Waals surface area contributed by atoms with E-state index < -0.39 is 10.0 Å². The van der Waals surface area contributed by atoms with Crippen molar-refractivity contribution in [2.24, 2.45) is 0 Å². The number of nitrogens with one attached hydrogen (secondary N) is 2.